The maximum absolute atomic E-state index is 12.5. The molecule has 0 aliphatic heterocycles. The average molecular weight is 457 g/mol. The number of nitrogens with zero attached hydrogens (tertiary/aromatic N) is 1. The van der Waals surface area contributed by atoms with Gasteiger partial charge < -0.3 is 14.4 Å². The van der Waals surface area contributed by atoms with Crippen molar-refractivity contribution in [3.8, 4) is 11.5 Å². The number of amides is 1. The van der Waals surface area contributed by atoms with E-state index in [2.05, 4.69) is 9.46 Å². The Bertz CT molecular complexity index is 982. The molecule has 2 aromatic rings. The van der Waals surface area contributed by atoms with Gasteiger partial charge in [-0.05, 0) is 55.8 Å². The summed E-state index contributed by atoms with van der Waals surface area (Å²) in [5.41, 5.74) is 1.55. The molecule has 0 unspecified atom stereocenters. The molecule has 0 atom stereocenters. The standard InChI is InChI=1S/C21H26F2N2O5S/c1-4-29-19-13-16(7-11-18(19)30-21(22)23)14-25(3)20(26)12-8-15-5-9-17(10-6-15)31(27,28)24-2/h5-7,9-11,13,21,24H,4,8,12,14H2,1-3H3. The van der Waals surface area contributed by atoms with Crippen LogP contribution >= 0.6 is 0 Å². The monoisotopic (exact) mass is 456 g/mol. The first kappa shape index (κ1) is 24.5. The highest BCUT2D eigenvalue weighted by Crippen LogP contribution is 2.30. The molecule has 10 heteroatoms. The van der Waals surface area contributed by atoms with Gasteiger partial charge in [-0.25, -0.2) is 13.1 Å². The number of hydrogen-bond donors (Lipinski definition) is 1. The largest absolute Gasteiger partial charge is 0.490 e. The van der Waals surface area contributed by atoms with Crippen LogP contribution in [0.3, 0.4) is 0 Å². The Labute approximate surface area is 181 Å². The van der Waals surface area contributed by atoms with Crippen LogP contribution in [0, 0.1) is 0 Å². The topological polar surface area (TPSA) is 84.9 Å². The Balaban J connectivity index is 1.97. The third-order valence-electron chi connectivity index (χ3n) is 4.50. The van der Waals surface area contributed by atoms with E-state index in [0.717, 1.165) is 5.56 Å². The van der Waals surface area contributed by atoms with Crippen molar-refractivity contribution in [3.63, 3.8) is 0 Å². The fourth-order valence-corrected chi connectivity index (χ4v) is 3.60. The van der Waals surface area contributed by atoms with E-state index in [9.17, 15) is 22.0 Å². The third kappa shape index (κ3) is 7.18. The number of aryl methyl sites for hydroxylation is 1. The lowest BCUT2D eigenvalue weighted by Gasteiger charge is -2.19. The number of ether oxygens (including phenoxy) is 2. The Hall–Kier alpha value is -2.72. The van der Waals surface area contributed by atoms with Gasteiger partial charge in [0.15, 0.2) is 11.5 Å². The number of sulfonamides is 1. The molecule has 2 rings (SSSR count). The maximum Gasteiger partial charge on any atom is 0.387 e. The fraction of sp³-hybridized carbons (Fsp3) is 0.381. The van der Waals surface area contributed by atoms with Gasteiger partial charge in [0.2, 0.25) is 15.9 Å². The fourth-order valence-electron chi connectivity index (χ4n) is 2.87. The minimum absolute atomic E-state index is 0.0571. The summed E-state index contributed by atoms with van der Waals surface area (Å²) >= 11 is 0. The molecule has 0 radical (unpaired) electrons. The highest BCUT2D eigenvalue weighted by atomic mass is 32.2. The van der Waals surface area contributed by atoms with Crippen LogP contribution in [0.15, 0.2) is 47.4 Å². The molecule has 0 bridgehead atoms. The summed E-state index contributed by atoms with van der Waals surface area (Å²) in [6, 6.07) is 10.9. The summed E-state index contributed by atoms with van der Waals surface area (Å²) < 4.78 is 60.6. The van der Waals surface area contributed by atoms with Gasteiger partial charge in [-0.15, -0.1) is 0 Å². The number of nitrogens with one attached hydrogen (secondary N) is 1. The molecule has 0 aliphatic rings. The Kier molecular flexibility index (Phi) is 8.76. The van der Waals surface area contributed by atoms with Gasteiger partial charge in [0.25, 0.3) is 0 Å². The predicted molar refractivity (Wildman–Crippen MR) is 112 cm³/mol. The minimum Gasteiger partial charge on any atom is -0.490 e. The Morgan fingerprint density at radius 2 is 1.74 bits per heavy atom. The molecule has 31 heavy (non-hydrogen) atoms. The lowest BCUT2D eigenvalue weighted by atomic mass is 10.1. The van der Waals surface area contributed by atoms with Crippen LogP contribution in [0.2, 0.25) is 0 Å². The average Bonchev–Trinajstić information content (AvgIpc) is 2.74. The van der Waals surface area contributed by atoms with Crippen molar-refractivity contribution in [3.05, 3.63) is 53.6 Å². The molecule has 0 saturated carbocycles. The summed E-state index contributed by atoms with van der Waals surface area (Å²) in [6.07, 6.45) is 0.688. The predicted octanol–water partition coefficient (Wildman–Crippen LogP) is 3.19. The van der Waals surface area contributed by atoms with E-state index in [1.54, 1.807) is 38.2 Å². The van der Waals surface area contributed by atoms with E-state index >= 15 is 0 Å². The van der Waals surface area contributed by atoms with Crippen molar-refractivity contribution in [2.24, 2.45) is 0 Å². The van der Waals surface area contributed by atoms with E-state index in [1.165, 1.54) is 30.1 Å². The van der Waals surface area contributed by atoms with Gasteiger partial charge in [-0.1, -0.05) is 18.2 Å². The molecule has 2 aromatic carbocycles. The lowest BCUT2D eigenvalue weighted by molar-refractivity contribution is -0.130. The number of benzene rings is 2. The molecule has 0 aliphatic carbocycles. The summed E-state index contributed by atoms with van der Waals surface area (Å²) in [5.74, 6) is 0.0221. The van der Waals surface area contributed by atoms with Crippen LogP contribution in [0.25, 0.3) is 0 Å². The SMILES string of the molecule is CCOc1cc(CN(C)C(=O)CCc2ccc(S(=O)(=O)NC)cc2)ccc1OC(F)F. The zero-order valence-corrected chi connectivity index (χ0v) is 18.4. The molecule has 1 N–H and O–H groups in total. The van der Waals surface area contributed by atoms with E-state index in [4.69, 9.17) is 4.74 Å². The molecule has 170 valence electrons. The second kappa shape index (κ2) is 11.1. The summed E-state index contributed by atoms with van der Waals surface area (Å²) in [6.45, 7) is -0.670. The van der Waals surface area contributed by atoms with Crippen LogP contribution in [0.5, 0.6) is 11.5 Å². The number of hydrogen-bond acceptors (Lipinski definition) is 5. The minimum atomic E-state index is -3.50. The molecule has 0 aromatic heterocycles. The van der Waals surface area contributed by atoms with Crippen LogP contribution in [-0.4, -0.2) is 46.5 Å². The molecule has 0 heterocycles. The highest BCUT2D eigenvalue weighted by Gasteiger charge is 2.15. The first-order chi connectivity index (χ1) is 14.7. The first-order valence-corrected chi connectivity index (χ1v) is 11.1. The van der Waals surface area contributed by atoms with Crippen LogP contribution < -0.4 is 14.2 Å². The number of halogens is 2. The first-order valence-electron chi connectivity index (χ1n) is 9.63. The quantitative estimate of drug-likeness (QED) is 0.561. The highest BCUT2D eigenvalue weighted by molar-refractivity contribution is 7.89. The van der Waals surface area contributed by atoms with Crippen LogP contribution in [0.1, 0.15) is 24.5 Å². The van der Waals surface area contributed by atoms with Crippen molar-refractivity contribution in [2.45, 2.75) is 37.8 Å². The van der Waals surface area contributed by atoms with Crippen molar-refractivity contribution < 1.29 is 31.5 Å². The maximum atomic E-state index is 12.5. The number of rotatable bonds is 11. The van der Waals surface area contributed by atoms with Crippen LogP contribution in [-0.2, 0) is 27.8 Å². The van der Waals surface area contributed by atoms with Gasteiger partial charge in [0.05, 0.1) is 11.5 Å². The Morgan fingerprint density at radius 3 is 2.32 bits per heavy atom. The Morgan fingerprint density at radius 1 is 1.10 bits per heavy atom. The second-order valence-corrected chi connectivity index (χ2v) is 8.58. The molecule has 0 fully saturated rings. The zero-order valence-electron chi connectivity index (χ0n) is 17.6. The van der Waals surface area contributed by atoms with Gasteiger partial charge >= 0.3 is 6.61 Å². The summed E-state index contributed by atoms with van der Waals surface area (Å²) in [4.78, 5) is 14.2. The van der Waals surface area contributed by atoms with E-state index in [-0.39, 0.29) is 41.9 Å². The van der Waals surface area contributed by atoms with E-state index in [0.29, 0.717) is 12.0 Å². The van der Waals surface area contributed by atoms with Gasteiger partial charge in [0.1, 0.15) is 0 Å². The van der Waals surface area contributed by atoms with Gasteiger partial charge in [-0.2, -0.15) is 8.78 Å². The molecule has 0 spiro atoms. The molecule has 0 saturated heterocycles. The summed E-state index contributed by atoms with van der Waals surface area (Å²) in [5, 5.41) is 0. The molecule has 1 amide bonds. The summed E-state index contributed by atoms with van der Waals surface area (Å²) in [7, 11) is -0.508. The number of alkyl halides is 2. The smallest absolute Gasteiger partial charge is 0.387 e. The molecular weight excluding hydrogens is 430 g/mol. The molecule has 7 nitrogen and oxygen atoms in total. The number of carbonyl (C=O) groups is 1. The van der Waals surface area contributed by atoms with E-state index < -0.39 is 16.6 Å². The van der Waals surface area contributed by atoms with Gasteiger partial charge in [0, 0.05) is 20.0 Å². The van der Waals surface area contributed by atoms with Crippen molar-refractivity contribution in [1.82, 2.24) is 9.62 Å². The lowest BCUT2D eigenvalue weighted by Crippen LogP contribution is -2.26. The van der Waals surface area contributed by atoms with Crippen molar-refractivity contribution in [2.75, 3.05) is 20.7 Å². The van der Waals surface area contributed by atoms with Crippen molar-refractivity contribution in [1.29, 1.82) is 0 Å². The molecular formula is C21H26F2N2O5S. The zero-order chi connectivity index (χ0) is 23.0. The van der Waals surface area contributed by atoms with Gasteiger partial charge in [-0.3, -0.25) is 4.79 Å². The third-order valence-corrected chi connectivity index (χ3v) is 5.93. The van der Waals surface area contributed by atoms with Crippen molar-refractivity contribution >= 4 is 15.9 Å². The number of carbonyl (C=O) groups excluding carboxylic acids is 1. The van der Waals surface area contributed by atoms with E-state index in [1.807, 2.05) is 0 Å². The second-order valence-electron chi connectivity index (χ2n) is 6.69. The van der Waals surface area contributed by atoms with Crippen LogP contribution in [0.4, 0.5) is 8.78 Å². The normalized spacial score (nSPS) is 11.4.